The van der Waals surface area contributed by atoms with Crippen molar-refractivity contribution in [2.24, 2.45) is 0 Å². The number of nitrogens with zero attached hydrogens (tertiary/aromatic N) is 3. The standard InChI is InChI=1S/C20H21ClN4O3S/c1-14(2)24(3)29(27,28)16-9-10-18(21)17(13-16)20(26)22-19-11-12-25(23-19)15-7-5-4-6-8-15/h4-14H,1-3H3,(H,22,23,26). The molecule has 0 unspecified atom stereocenters. The van der Waals surface area contributed by atoms with Crippen LogP contribution in [0.1, 0.15) is 24.2 Å². The minimum atomic E-state index is -3.74. The van der Waals surface area contributed by atoms with Crippen LogP contribution in [0.4, 0.5) is 5.82 Å². The van der Waals surface area contributed by atoms with Gasteiger partial charge in [0.15, 0.2) is 5.82 Å². The van der Waals surface area contributed by atoms with Crippen LogP contribution < -0.4 is 5.32 Å². The molecule has 29 heavy (non-hydrogen) atoms. The molecule has 1 heterocycles. The Morgan fingerprint density at radius 1 is 1.14 bits per heavy atom. The number of sulfonamides is 1. The van der Waals surface area contributed by atoms with E-state index in [4.69, 9.17) is 11.6 Å². The summed E-state index contributed by atoms with van der Waals surface area (Å²) in [4.78, 5) is 12.7. The average Bonchev–Trinajstić information content (AvgIpc) is 3.16. The Labute approximate surface area is 175 Å². The second-order valence-corrected chi connectivity index (χ2v) is 9.10. The maximum Gasteiger partial charge on any atom is 0.258 e. The lowest BCUT2D eigenvalue weighted by Gasteiger charge is -2.21. The molecule has 7 nitrogen and oxygen atoms in total. The zero-order valence-corrected chi connectivity index (χ0v) is 17.8. The van der Waals surface area contributed by atoms with Crippen LogP contribution in [0.3, 0.4) is 0 Å². The summed E-state index contributed by atoms with van der Waals surface area (Å²) in [6, 6.07) is 14.9. The molecule has 1 N–H and O–H groups in total. The molecule has 152 valence electrons. The maximum atomic E-state index is 12.7. The smallest absolute Gasteiger partial charge is 0.258 e. The third-order valence-electron chi connectivity index (χ3n) is 4.44. The summed E-state index contributed by atoms with van der Waals surface area (Å²) >= 11 is 6.16. The Kier molecular flexibility index (Phi) is 6.07. The van der Waals surface area contributed by atoms with E-state index in [1.54, 1.807) is 30.8 Å². The molecular weight excluding hydrogens is 412 g/mol. The number of aromatic nitrogens is 2. The molecule has 0 saturated carbocycles. The molecule has 0 atom stereocenters. The van der Waals surface area contributed by atoms with Crippen molar-refractivity contribution in [3.8, 4) is 5.69 Å². The molecule has 1 amide bonds. The van der Waals surface area contributed by atoms with Gasteiger partial charge in [-0.2, -0.15) is 9.40 Å². The van der Waals surface area contributed by atoms with Gasteiger partial charge in [-0.05, 0) is 44.2 Å². The van der Waals surface area contributed by atoms with Crippen molar-refractivity contribution in [3.63, 3.8) is 0 Å². The van der Waals surface area contributed by atoms with Crippen LogP contribution >= 0.6 is 11.6 Å². The molecule has 0 bridgehead atoms. The Morgan fingerprint density at radius 2 is 1.83 bits per heavy atom. The molecule has 3 aromatic rings. The number of amides is 1. The Balaban J connectivity index is 1.86. The SMILES string of the molecule is CC(C)N(C)S(=O)(=O)c1ccc(Cl)c(C(=O)Nc2ccn(-c3ccccc3)n2)c1. The van der Waals surface area contributed by atoms with Crippen LogP contribution in [0.2, 0.25) is 5.02 Å². The minimum Gasteiger partial charge on any atom is -0.305 e. The van der Waals surface area contributed by atoms with Gasteiger partial charge in [-0.25, -0.2) is 13.1 Å². The molecule has 0 aliphatic rings. The number of halogens is 1. The Hall–Kier alpha value is -2.68. The first-order valence-corrected chi connectivity index (χ1v) is 10.7. The summed E-state index contributed by atoms with van der Waals surface area (Å²) in [6.07, 6.45) is 1.71. The van der Waals surface area contributed by atoms with E-state index in [1.165, 1.54) is 29.6 Å². The molecule has 3 rings (SSSR count). The molecule has 2 aromatic carbocycles. The van der Waals surface area contributed by atoms with E-state index in [0.29, 0.717) is 5.82 Å². The van der Waals surface area contributed by atoms with Crippen LogP contribution in [-0.2, 0) is 10.0 Å². The topological polar surface area (TPSA) is 84.3 Å². The van der Waals surface area contributed by atoms with Crippen molar-refractivity contribution in [3.05, 3.63) is 71.4 Å². The van der Waals surface area contributed by atoms with Gasteiger partial charge < -0.3 is 5.32 Å². The maximum absolute atomic E-state index is 12.7. The van der Waals surface area contributed by atoms with E-state index >= 15 is 0 Å². The summed E-state index contributed by atoms with van der Waals surface area (Å²) in [5, 5.41) is 7.12. The first-order chi connectivity index (χ1) is 13.7. The Morgan fingerprint density at radius 3 is 2.48 bits per heavy atom. The quantitative estimate of drug-likeness (QED) is 0.642. The largest absolute Gasteiger partial charge is 0.305 e. The second kappa shape index (κ2) is 8.36. The first kappa shape index (κ1) is 21.0. The highest BCUT2D eigenvalue weighted by Gasteiger charge is 2.25. The molecule has 0 aliphatic carbocycles. The third-order valence-corrected chi connectivity index (χ3v) is 6.80. The molecule has 9 heteroatoms. The highest BCUT2D eigenvalue weighted by molar-refractivity contribution is 7.89. The predicted octanol–water partition coefficient (Wildman–Crippen LogP) is 3.81. The molecule has 0 spiro atoms. The first-order valence-electron chi connectivity index (χ1n) is 8.90. The number of hydrogen-bond acceptors (Lipinski definition) is 4. The Bertz CT molecular complexity index is 1130. The van der Waals surface area contributed by atoms with Crippen molar-refractivity contribution in [1.82, 2.24) is 14.1 Å². The second-order valence-electron chi connectivity index (χ2n) is 6.69. The lowest BCUT2D eigenvalue weighted by molar-refractivity contribution is 0.102. The summed E-state index contributed by atoms with van der Waals surface area (Å²) in [6.45, 7) is 3.54. The van der Waals surface area contributed by atoms with Crippen LogP contribution in [0, 0.1) is 0 Å². The zero-order valence-electron chi connectivity index (χ0n) is 16.2. The van der Waals surface area contributed by atoms with Gasteiger partial charge in [-0.1, -0.05) is 29.8 Å². The van der Waals surface area contributed by atoms with E-state index < -0.39 is 15.9 Å². The lowest BCUT2D eigenvalue weighted by atomic mass is 10.2. The van der Waals surface area contributed by atoms with Crippen LogP contribution in [0.15, 0.2) is 65.7 Å². The predicted molar refractivity (Wildman–Crippen MR) is 113 cm³/mol. The van der Waals surface area contributed by atoms with Gasteiger partial charge in [-0.15, -0.1) is 0 Å². The number of rotatable bonds is 6. The molecular formula is C20H21ClN4O3S. The summed E-state index contributed by atoms with van der Waals surface area (Å²) in [5.74, 6) is -0.222. The van der Waals surface area contributed by atoms with Crippen molar-refractivity contribution in [2.45, 2.75) is 24.8 Å². The zero-order chi connectivity index (χ0) is 21.2. The number of hydrogen-bond donors (Lipinski definition) is 1. The molecule has 0 radical (unpaired) electrons. The fraction of sp³-hybridized carbons (Fsp3) is 0.200. The van der Waals surface area contributed by atoms with E-state index in [2.05, 4.69) is 10.4 Å². The average molecular weight is 433 g/mol. The van der Waals surface area contributed by atoms with E-state index in [-0.39, 0.29) is 21.5 Å². The van der Waals surface area contributed by atoms with Gasteiger partial charge in [0, 0.05) is 25.4 Å². The van der Waals surface area contributed by atoms with Crippen molar-refractivity contribution in [2.75, 3.05) is 12.4 Å². The van der Waals surface area contributed by atoms with Gasteiger partial charge in [0.1, 0.15) is 0 Å². The number of para-hydroxylation sites is 1. The van der Waals surface area contributed by atoms with E-state index in [9.17, 15) is 13.2 Å². The number of carbonyl (C=O) groups is 1. The normalized spacial score (nSPS) is 11.8. The monoisotopic (exact) mass is 432 g/mol. The summed E-state index contributed by atoms with van der Waals surface area (Å²) < 4.78 is 28.3. The molecule has 0 saturated heterocycles. The third kappa shape index (κ3) is 4.50. The fourth-order valence-electron chi connectivity index (χ4n) is 2.58. The van der Waals surface area contributed by atoms with Gasteiger partial charge in [0.05, 0.1) is 21.2 Å². The molecule has 1 aromatic heterocycles. The van der Waals surface area contributed by atoms with Crippen LogP contribution in [0.25, 0.3) is 5.69 Å². The van der Waals surface area contributed by atoms with Gasteiger partial charge in [0.25, 0.3) is 5.91 Å². The summed E-state index contributed by atoms with van der Waals surface area (Å²) in [7, 11) is -2.25. The van der Waals surface area contributed by atoms with Gasteiger partial charge >= 0.3 is 0 Å². The highest BCUT2D eigenvalue weighted by atomic mass is 35.5. The van der Waals surface area contributed by atoms with E-state index in [1.807, 2.05) is 30.3 Å². The molecule has 0 fully saturated rings. The number of nitrogens with one attached hydrogen (secondary N) is 1. The number of anilines is 1. The highest BCUT2D eigenvalue weighted by Crippen LogP contribution is 2.24. The van der Waals surface area contributed by atoms with Crippen LogP contribution in [0.5, 0.6) is 0 Å². The number of benzene rings is 2. The van der Waals surface area contributed by atoms with Crippen molar-refractivity contribution >= 4 is 33.3 Å². The van der Waals surface area contributed by atoms with Crippen molar-refractivity contribution in [1.29, 1.82) is 0 Å². The van der Waals surface area contributed by atoms with Crippen molar-refractivity contribution < 1.29 is 13.2 Å². The number of carbonyl (C=O) groups excluding carboxylic acids is 1. The lowest BCUT2D eigenvalue weighted by Crippen LogP contribution is -2.33. The molecule has 0 aliphatic heterocycles. The summed E-state index contributed by atoms with van der Waals surface area (Å²) in [5.41, 5.74) is 0.898. The van der Waals surface area contributed by atoms with Crippen LogP contribution in [-0.4, -0.2) is 41.5 Å². The fourth-order valence-corrected chi connectivity index (χ4v) is 4.18. The minimum absolute atomic E-state index is 0.00179. The van der Waals surface area contributed by atoms with Gasteiger partial charge in [-0.3, -0.25) is 4.79 Å². The van der Waals surface area contributed by atoms with E-state index in [0.717, 1.165) is 5.69 Å². The van der Waals surface area contributed by atoms with Gasteiger partial charge in [0.2, 0.25) is 10.0 Å².